The largest absolute Gasteiger partial charge is 0.394 e. The molecule has 2 aromatic rings. The van der Waals surface area contributed by atoms with Crippen LogP contribution in [0.2, 0.25) is 0 Å². The van der Waals surface area contributed by atoms with Crippen LogP contribution in [-0.2, 0) is 11.5 Å². The molecule has 102 valence electrons. The summed E-state index contributed by atoms with van der Waals surface area (Å²) in [6.07, 6.45) is 1.85. The van der Waals surface area contributed by atoms with Gasteiger partial charge in [-0.15, -0.1) is 0 Å². The number of aromatic amines is 1. The van der Waals surface area contributed by atoms with Crippen molar-refractivity contribution in [3.63, 3.8) is 0 Å². The minimum Gasteiger partial charge on any atom is -0.394 e. The molecule has 2 heterocycles. The molecule has 0 aliphatic rings. The van der Waals surface area contributed by atoms with Crippen molar-refractivity contribution in [3.8, 4) is 0 Å². The zero-order valence-corrected chi connectivity index (χ0v) is 11.2. The molecule has 19 heavy (non-hydrogen) atoms. The highest BCUT2D eigenvalue weighted by atomic mass is 31.0. The fourth-order valence-electron chi connectivity index (χ4n) is 1.57. The summed E-state index contributed by atoms with van der Waals surface area (Å²) in [4.78, 5) is 22.3. The van der Waals surface area contributed by atoms with Gasteiger partial charge in [0.25, 0.3) is 5.56 Å². The van der Waals surface area contributed by atoms with E-state index in [1.807, 2.05) is 6.92 Å². The van der Waals surface area contributed by atoms with E-state index < -0.39 is 5.56 Å². The van der Waals surface area contributed by atoms with Crippen molar-refractivity contribution < 1.29 is 9.84 Å². The Balaban J connectivity index is 2.32. The number of aliphatic hydroxyl groups is 1. The van der Waals surface area contributed by atoms with E-state index in [9.17, 15) is 4.79 Å². The van der Waals surface area contributed by atoms with Gasteiger partial charge in [0.2, 0.25) is 5.95 Å². The molecule has 0 radical (unpaired) electrons. The van der Waals surface area contributed by atoms with Crippen molar-refractivity contribution >= 4 is 26.1 Å². The van der Waals surface area contributed by atoms with E-state index >= 15 is 0 Å². The van der Waals surface area contributed by atoms with E-state index in [2.05, 4.69) is 19.7 Å². The SMILES string of the molecule is [3H]P=Nc1nc2c(ncn2COC(CC)CO)c(=O)[nH]1. The maximum Gasteiger partial charge on any atom is 0.280 e. The Bertz CT molecular complexity index is 666. The minimum absolute atomic E-state index is 0.00429. The molecule has 0 bridgehead atoms. The number of aliphatic hydroxyl groups excluding tert-OH is 1. The number of imidazole rings is 1. The summed E-state index contributed by atoms with van der Waals surface area (Å²) in [5.74, 6) is 0.0788. The van der Waals surface area contributed by atoms with Gasteiger partial charge in [0.1, 0.15) is 8.01 Å². The molecule has 9 heteroatoms. The maximum absolute atomic E-state index is 11.8. The molecular weight excluding hydrogens is 269 g/mol. The highest BCUT2D eigenvalue weighted by molar-refractivity contribution is 7.04. The lowest BCUT2D eigenvalue weighted by molar-refractivity contribution is -0.0238. The van der Waals surface area contributed by atoms with Crippen molar-refractivity contribution in [2.45, 2.75) is 26.2 Å². The van der Waals surface area contributed by atoms with Gasteiger partial charge in [-0.3, -0.25) is 14.3 Å². The third-order valence-electron chi connectivity index (χ3n) is 2.67. The van der Waals surface area contributed by atoms with Gasteiger partial charge in [0, 0.05) is 0 Å². The van der Waals surface area contributed by atoms with Gasteiger partial charge in [0.05, 0.1) is 19.0 Å². The van der Waals surface area contributed by atoms with E-state index in [-0.39, 0.29) is 39.9 Å². The molecule has 0 fully saturated rings. The van der Waals surface area contributed by atoms with Gasteiger partial charge < -0.3 is 9.84 Å². The van der Waals surface area contributed by atoms with Crippen molar-refractivity contribution in [3.05, 3.63) is 16.7 Å². The summed E-state index contributed by atoms with van der Waals surface area (Å²) in [5.41, 5.74) is 0.112. The third kappa shape index (κ3) is 2.86. The van der Waals surface area contributed by atoms with E-state index in [0.717, 1.165) is 0 Å². The Morgan fingerprint density at radius 2 is 2.63 bits per heavy atom. The van der Waals surface area contributed by atoms with Crippen LogP contribution in [0.1, 0.15) is 13.3 Å². The van der Waals surface area contributed by atoms with Crippen LogP contribution in [0.5, 0.6) is 0 Å². The van der Waals surface area contributed by atoms with Crippen molar-refractivity contribution in [2.75, 3.05) is 6.61 Å². The first-order valence-electron chi connectivity index (χ1n) is 6.17. The molecule has 0 aliphatic carbocycles. The topological polar surface area (TPSA) is 105 Å². The van der Waals surface area contributed by atoms with E-state index in [1.54, 1.807) is 4.57 Å². The fourth-order valence-corrected chi connectivity index (χ4v) is 1.66. The van der Waals surface area contributed by atoms with Crippen molar-refractivity contribution in [1.29, 1.82) is 1.28 Å². The Hall–Kier alpha value is -1.63. The normalized spacial score (nSPS) is 14.1. The van der Waals surface area contributed by atoms with Crippen LogP contribution in [0.15, 0.2) is 15.9 Å². The second-order valence-corrected chi connectivity index (χ2v) is 4.08. The first-order chi connectivity index (χ1) is 9.69. The van der Waals surface area contributed by atoms with Gasteiger partial charge in [-0.05, 0) is 15.4 Å². The number of nitrogens with one attached hydrogen (secondary N) is 1. The quantitative estimate of drug-likeness (QED) is 0.764. The monoisotopic (exact) mass is 285 g/mol. The van der Waals surface area contributed by atoms with E-state index in [0.29, 0.717) is 12.1 Å². The van der Waals surface area contributed by atoms with Crippen molar-refractivity contribution in [1.82, 2.24) is 19.5 Å². The Labute approximate surface area is 112 Å². The lowest BCUT2D eigenvalue weighted by atomic mass is 10.3. The number of ether oxygens (including phenoxy) is 1. The molecule has 0 aromatic carbocycles. The standard InChI is InChI=1S/C10H14N5O3P/c1-2-6(3-16)18-5-15-4-11-7-8(15)12-10(14-19)13-9(7)17/h4,6,16,19H,2-3,5H2,1H3,(H,12,13,17)/i19T. The van der Waals surface area contributed by atoms with Gasteiger partial charge in [0.15, 0.2) is 11.2 Å². The highest BCUT2D eigenvalue weighted by Gasteiger charge is 2.11. The molecule has 2 rings (SSSR count). The number of H-pyrrole nitrogens is 1. The molecule has 0 amide bonds. The fraction of sp³-hybridized carbons (Fsp3) is 0.500. The van der Waals surface area contributed by atoms with Crippen LogP contribution < -0.4 is 5.56 Å². The maximum atomic E-state index is 11.8. The molecule has 2 aromatic heterocycles. The van der Waals surface area contributed by atoms with Gasteiger partial charge in [-0.25, -0.2) is 4.98 Å². The average Bonchev–Trinajstić information content (AvgIpc) is 2.84. The molecular formula is C10H14N5O3P. The summed E-state index contributed by atoms with van der Waals surface area (Å²) in [7, 11) is 0.00429. The number of hydrogen-bond donors (Lipinski definition) is 2. The summed E-state index contributed by atoms with van der Waals surface area (Å²) in [6, 6.07) is 0. The smallest absolute Gasteiger partial charge is 0.280 e. The van der Waals surface area contributed by atoms with Crippen LogP contribution in [0.3, 0.4) is 0 Å². The van der Waals surface area contributed by atoms with Crippen LogP contribution >= 0.6 is 8.98 Å². The molecule has 0 saturated heterocycles. The number of fused-ring (bicyclic) bond motifs is 1. The van der Waals surface area contributed by atoms with E-state index in [4.69, 9.17) is 11.1 Å². The summed E-state index contributed by atoms with van der Waals surface area (Å²) in [6.45, 7) is 1.96. The van der Waals surface area contributed by atoms with E-state index in [1.165, 1.54) is 6.33 Å². The first-order valence-corrected chi connectivity index (χ1v) is 6.12. The zero-order chi connectivity index (χ0) is 14.5. The lowest BCUT2D eigenvalue weighted by Crippen LogP contribution is -2.18. The molecule has 1 unspecified atom stereocenters. The number of nitrogens with zero attached hydrogens (tertiary/aromatic N) is 4. The molecule has 0 aliphatic heterocycles. The van der Waals surface area contributed by atoms with Crippen LogP contribution in [0.4, 0.5) is 5.95 Å². The molecule has 8 nitrogen and oxygen atoms in total. The predicted octanol–water partition coefficient (Wildman–Crippen LogP) is 0.822. The van der Waals surface area contributed by atoms with Gasteiger partial charge >= 0.3 is 0 Å². The van der Waals surface area contributed by atoms with Crippen LogP contribution in [0.25, 0.3) is 11.2 Å². The number of rotatable bonds is 6. The lowest BCUT2D eigenvalue weighted by Gasteiger charge is -2.13. The highest BCUT2D eigenvalue weighted by Crippen LogP contribution is 2.11. The second kappa shape index (κ2) is 6.01. The van der Waals surface area contributed by atoms with Crippen LogP contribution in [-0.4, -0.2) is 38.6 Å². The summed E-state index contributed by atoms with van der Waals surface area (Å²) >= 11 is 0. The molecule has 0 saturated carbocycles. The minimum atomic E-state index is -0.412. The van der Waals surface area contributed by atoms with Crippen molar-refractivity contribution in [2.24, 2.45) is 4.74 Å². The van der Waals surface area contributed by atoms with Crippen LogP contribution in [0, 0.1) is 0 Å². The Morgan fingerprint density at radius 1 is 1.79 bits per heavy atom. The summed E-state index contributed by atoms with van der Waals surface area (Å²) < 4.78 is 17.7. The van der Waals surface area contributed by atoms with Gasteiger partial charge in [-0.1, -0.05) is 6.92 Å². The Kier molecular flexibility index (Phi) is 3.92. The second-order valence-electron chi connectivity index (χ2n) is 3.88. The Morgan fingerprint density at radius 3 is 3.32 bits per heavy atom. The first kappa shape index (κ1) is 12.4. The number of hydrogen-bond acceptors (Lipinski definition) is 6. The average molecular weight is 285 g/mol. The van der Waals surface area contributed by atoms with Gasteiger partial charge in [-0.2, -0.15) is 9.73 Å². The zero-order valence-electron chi connectivity index (χ0n) is 11.3. The molecule has 0 spiro atoms. The molecule has 1 atom stereocenters. The molecule has 2 N–H and O–H groups in total. The summed E-state index contributed by atoms with van der Waals surface area (Å²) in [5, 5.41) is 9.07. The number of aromatic nitrogens is 4. The third-order valence-corrected chi connectivity index (χ3v) is 2.85. The predicted molar refractivity (Wildman–Crippen MR) is 70.8 cm³/mol.